The molecule has 0 aliphatic rings. The molecule has 1 aromatic carbocycles. The lowest BCUT2D eigenvalue weighted by Gasteiger charge is -1.96. The van der Waals surface area contributed by atoms with Crippen LogP contribution in [0.15, 0.2) is 59.3 Å². The van der Waals surface area contributed by atoms with E-state index in [1.807, 2.05) is 18.2 Å². The highest BCUT2D eigenvalue weighted by Crippen LogP contribution is 2.25. The van der Waals surface area contributed by atoms with Crippen LogP contribution in [0.5, 0.6) is 5.75 Å². The molecule has 4 nitrogen and oxygen atoms in total. The molecule has 18 heavy (non-hydrogen) atoms. The zero-order valence-electron chi connectivity index (χ0n) is 9.45. The fourth-order valence-corrected chi connectivity index (χ4v) is 1.64. The molecule has 0 radical (unpaired) electrons. The monoisotopic (exact) mass is 238 g/mol. The fourth-order valence-electron chi connectivity index (χ4n) is 1.64. The predicted octanol–water partition coefficient (Wildman–Crippen LogP) is 3.11. The lowest BCUT2D eigenvalue weighted by atomic mass is 10.2. The molecule has 4 heteroatoms. The van der Waals surface area contributed by atoms with Crippen LogP contribution in [0, 0.1) is 0 Å². The molecule has 0 aliphatic carbocycles. The molecule has 0 saturated heterocycles. The Balaban J connectivity index is 1.97. The average Bonchev–Trinajstić information content (AvgIpc) is 2.90. The Morgan fingerprint density at radius 2 is 1.78 bits per heavy atom. The number of hydrogen-bond donors (Lipinski definition) is 1. The Bertz CT molecular complexity index is 645. The summed E-state index contributed by atoms with van der Waals surface area (Å²) in [6, 6.07) is 12.3. The van der Waals surface area contributed by atoms with Crippen molar-refractivity contribution < 1.29 is 9.52 Å². The molecule has 0 spiro atoms. The van der Waals surface area contributed by atoms with Crippen molar-refractivity contribution in [3.63, 3.8) is 0 Å². The summed E-state index contributed by atoms with van der Waals surface area (Å²) in [7, 11) is 0. The van der Waals surface area contributed by atoms with Gasteiger partial charge >= 0.3 is 0 Å². The maximum Gasteiger partial charge on any atom is 0.245 e. The van der Waals surface area contributed by atoms with Crippen molar-refractivity contribution in [3.8, 4) is 28.7 Å². The van der Waals surface area contributed by atoms with E-state index in [1.165, 1.54) is 0 Å². The number of benzene rings is 1. The molecule has 2 aromatic heterocycles. The number of nitrogens with zero attached hydrogens (tertiary/aromatic N) is 2. The van der Waals surface area contributed by atoms with Crippen LogP contribution in [-0.4, -0.2) is 15.1 Å². The standard InChI is InChI=1S/C14H10N2O2/c17-11-6-4-10(5-7-11)13-9-16-14(18-13)12-3-1-2-8-15-12/h1-9,17H. The Kier molecular flexibility index (Phi) is 2.53. The molecule has 88 valence electrons. The Morgan fingerprint density at radius 3 is 2.50 bits per heavy atom. The molecular formula is C14H10N2O2. The van der Waals surface area contributed by atoms with Gasteiger partial charge in [-0.2, -0.15) is 0 Å². The molecule has 0 bridgehead atoms. The molecule has 0 unspecified atom stereocenters. The van der Waals surface area contributed by atoms with E-state index in [0.29, 0.717) is 17.3 Å². The van der Waals surface area contributed by atoms with Gasteiger partial charge in [0.2, 0.25) is 5.89 Å². The number of rotatable bonds is 2. The highest BCUT2D eigenvalue weighted by Gasteiger charge is 2.08. The van der Waals surface area contributed by atoms with Gasteiger partial charge in [-0.15, -0.1) is 0 Å². The highest BCUT2D eigenvalue weighted by molar-refractivity contribution is 5.60. The second-order valence-electron chi connectivity index (χ2n) is 3.79. The van der Waals surface area contributed by atoms with Crippen LogP contribution in [0.25, 0.3) is 22.9 Å². The van der Waals surface area contributed by atoms with Crippen molar-refractivity contribution in [3.05, 3.63) is 54.9 Å². The average molecular weight is 238 g/mol. The minimum absolute atomic E-state index is 0.225. The molecule has 0 aliphatic heterocycles. The molecule has 3 aromatic rings. The molecule has 0 amide bonds. The summed E-state index contributed by atoms with van der Waals surface area (Å²) < 4.78 is 5.64. The third-order valence-corrected chi connectivity index (χ3v) is 2.54. The number of phenols is 1. The number of phenolic OH excluding ortho intramolecular Hbond substituents is 1. The quantitative estimate of drug-likeness (QED) is 0.745. The second kappa shape index (κ2) is 4.33. The first-order chi connectivity index (χ1) is 8.83. The maximum absolute atomic E-state index is 9.23. The molecule has 0 saturated carbocycles. The summed E-state index contributed by atoms with van der Waals surface area (Å²) in [5, 5.41) is 9.23. The zero-order valence-corrected chi connectivity index (χ0v) is 9.45. The smallest absolute Gasteiger partial charge is 0.245 e. The van der Waals surface area contributed by atoms with E-state index < -0.39 is 0 Å². The van der Waals surface area contributed by atoms with Crippen molar-refractivity contribution in [1.82, 2.24) is 9.97 Å². The molecule has 0 atom stereocenters. The van der Waals surface area contributed by atoms with Crippen LogP contribution in [-0.2, 0) is 0 Å². The van der Waals surface area contributed by atoms with Gasteiger partial charge in [-0.3, -0.25) is 4.98 Å². The van der Waals surface area contributed by atoms with Crippen LogP contribution in [0.1, 0.15) is 0 Å². The van der Waals surface area contributed by atoms with E-state index in [9.17, 15) is 5.11 Å². The van der Waals surface area contributed by atoms with Crippen molar-refractivity contribution in [2.45, 2.75) is 0 Å². The van der Waals surface area contributed by atoms with Gasteiger partial charge < -0.3 is 9.52 Å². The van der Waals surface area contributed by atoms with Gasteiger partial charge in [0.1, 0.15) is 11.4 Å². The zero-order chi connectivity index (χ0) is 12.4. The van der Waals surface area contributed by atoms with Gasteiger partial charge in [0, 0.05) is 11.8 Å². The van der Waals surface area contributed by atoms with E-state index in [4.69, 9.17) is 4.42 Å². The Labute approximate surface area is 104 Å². The normalized spacial score (nSPS) is 10.4. The lowest BCUT2D eigenvalue weighted by Crippen LogP contribution is -1.79. The van der Waals surface area contributed by atoms with Gasteiger partial charge in [-0.1, -0.05) is 6.07 Å². The third kappa shape index (κ3) is 1.96. The first-order valence-electron chi connectivity index (χ1n) is 5.49. The second-order valence-corrected chi connectivity index (χ2v) is 3.79. The summed E-state index contributed by atoms with van der Waals surface area (Å²) in [6.45, 7) is 0. The largest absolute Gasteiger partial charge is 0.508 e. The van der Waals surface area contributed by atoms with Crippen LogP contribution in [0.4, 0.5) is 0 Å². The van der Waals surface area contributed by atoms with E-state index in [2.05, 4.69) is 9.97 Å². The van der Waals surface area contributed by atoms with Gasteiger partial charge in [-0.05, 0) is 36.4 Å². The lowest BCUT2D eigenvalue weighted by molar-refractivity contribution is 0.475. The number of pyridine rings is 1. The third-order valence-electron chi connectivity index (χ3n) is 2.54. The van der Waals surface area contributed by atoms with Crippen LogP contribution >= 0.6 is 0 Å². The predicted molar refractivity (Wildman–Crippen MR) is 66.8 cm³/mol. The summed E-state index contributed by atoms with van der Waals surface area (Å²) in [6.07, 6.45) is 3.34. The van der Waals surface area contributed by atoms with Gasteiger partial charge in [0.25, 0.3) is 0 Å². The van der Waals surface area contributed by atoms with Crippen molar-refractivity contribution >= 4 is 0 Å². The number of oxazole rings is 1. The number of aromatic nitrogens is 2. The van der Waals surface area contributed by atoms with E-state index in [-0.39, 0.29) is 5.75 Å². The molecule has 2 heterocycles. The number of aromatic hydroxyl groups is 1. The van der Waals surface area contributed by atoms with E-state index in [0.717, 1.165) is 5.56 Å². The van der Waals surface area contributed by atoms with Crippen molar-refractivity contribution in [1.29, 1.82) is 0 Å². The molecular weight excluding hydrogens is 228 g/mol. The van der Waals surface area contributed by atoms with Crippen LogP contribution in [0.3, 0.4) is 0 Å². The maximum atomic E-state index is 9.23. The minimum Gasteiger partial charge on any atom is -0.508 e. The SMILES string of the molecule is Oc1ccc(-c2cnc(-c3ccccn3)o2)cc1. The van der Waals surface area contributed by atoms with Gasteiger partial charge in [0.15, 0.2) is 5.76 Å². The van der Waals surface area contributed by atoms with E-state index >= 15 is 0 Å². The molecule has 1 N–H and O–H groups in total. The van der Waals surface area contributed by atoms with Crippen molar-refractivity contribution in [2.24, 2.45) is 0 Å². The fraction of sp³-hybridized carbons (Fsp3) is 0. The van der Waals surface area contributed by atoms with Crippen LogP contribution in [0.2, 0.25) is 0 Å². The molecule has 0 fully saturated rings. The topological polar surface area (TPSA) is 59.2 Å². The first-order valence-corrected chi connectivity index (χ1v) is 5.49. The number of hydrogen-bond acceptors (Lipinski definition) is 4. The van der Waals surface area contributed by atoms with Crippen molar-refractivity contribution in [2.75, 3.05) is 0 Å². The van der Waals surface area contributed by atoms with Gasteiger partial charge in [-0.25, -0.2) is 4.98 Å². The summed E-state index contributed by atoms with van der Waals surface area (Å²) in [5.41, 5.74) is 1.56. The Morgan fingerprint density at radius 1 is 0.944 bits per heavy atom. The first kappa shape index (κ1) is 10.5. The van der Waals surface area contributed by atoms with Crippen LogP contribution < -0.4 is 0 Å². The highest BCUT2D eigenvalue weighted by atomic mass is 16.4. The van der Waals surface area contributed by atoms with E-state index in [1.54, 1.807) is 36.7 Å². The Hall–Kier alpha value is -2.62. The molecule has 3 rings (SSSR count). The minimum atomic E-state index is 0.225. The van der Waals surface area contributed by atoms with Gasteiger partial charge in [0.05, 0.1) is 6.20 Å². The summed E-state index contributed by atoms with van der Waals surface area (Å²) in [4.78, 5) is 8.37. The summed E-state index contributed by atoms with van der Waals surface area (Å²) >= 11 is 0. The summed E-state index contributed by atoms with van der Waals surface area (Å²) in [5.74, 6) is 1.36.